The van der Waals surface area contributed by atoms with Gasteiger partial charge in [0.05, 0.1) is 5.75 Å². The van der Waals surface area contributed by atoms with E-state index < -0.39 is 6.04 Å². The minimum absolute atomic E-state index is 0.0132. The fraction of sp³-hybridized carbons (Fsp3) is 0.440. The molecule has 0 aliphatic carbocycles. The summed E-state index contributed by atoms with van der Waals surface area (Å²) in [5.74, 6) is 0.151. The number of aryl methyl sites for hydroxylation is 2. The Morgan fingerprint density at radius 3 is 2.35 bits per heavy atom. The van der Waals surface area contributed by atoms with Crippen molar-refractivity contribution in [1.82, 2.24) is 10.2 Å². The van der Waals surface area contributed by atoms with Crippen LogP contribution in [0.3, 0.4) is 0 Å². The second-order valence-electron chi connectivity index (χ2n) is 8.10. The molecule has 0 unspecified atom stereocenters. The van der Waals surface area contributed by atoms with Crippen molar-refractivity contribution in [2.24, 2.45) is 0 Å². The number of carbonyl (C=O) groups excluding carboxylic acids is 2. The Morgan fingerprint density at radius 1 is 1.10 bits per heavy atom. The van der Waals surface area contributed by atoms with Crippen molar-refractivity contribution < 1.29 is 14.0 Å². The normalized spacial score (nSPS) is 12.8. The Labute approximate surface area is 189 Å². The topological polar surface area (TPSA) is 49.4 Å². The highest BCUT2D eigenvalue weighted by Gasteiger charge is 2.27. The molecule has 4 nitrogen and oxygen atoms in total. The summed E-state index contributed by atoms with van der Waals surface area (Å²) < 4.78 is 14.2. The fourth-order valence-corrected chi connectivity index (χ4v) is 4.19. The second kappa shape index (κ2) is 11.9. The van der Waals surface area contributed by atoms with Crippen LogP contribution < -0.4 is 5.32 Å². The third-order valence-corrected chi connectivity index (χ3v) is 6.23. The molecule has 0 saturated carbocycles. The van der Waals surface area contributed by atoms with Gasteiger partial charge in [0.2, 0.25) is 11.8 Å². The second-order valence-corrected chi connectivity index (χ2v) is 9.08. The number of hydrogen-bond donors (Lipinski definition) is 1. The zero-order chi connectivity index (χ0) is 23.0. The van der Waals surface area contributed by atoms with Gasteiger partial charge in [0.1, 0.15) is 11.9 Å². The smallest absolute Gasteiger partial charge is 0.242 e. The summed E-state index contributed by atoms with van der Waals surface area (Å²) in [6, 6.07) is 12.0. The predicted molar refractivity (Wildman–Crippen MR) is 126 cm³/mol. The van der Waals surface area contributed by atoms with E-state index in [4.69, 9.17) is 0 Å². The van der Waals surface area contributed by atoms with Gasteiger partial charge in [0.15, 0.2) is 0 Å². The van der Waals surface area contributed by atoms with Gasteiger partial charge in [-0.25, -0.2) is 4.39 Å². The van der Waals surface area contributed by atoms with E-state index in [9.17, 15) is 14.0 Å². The maximum Gasteiger partial charge on any atom is 0.242 e. The number of rotatable bonds is 10. The summed E-state index contributed by atoms with van der Waals surface area (Å²) in [7, 11) is 0. The average Bonchev–Trinajstić information content (AvgIpc) is 2.71. The third kappa shape index (κ3) is 7.69. The Hall–Kier alpha value is -2.34. The molecule has 0 aliphatic rings. The number of benzene rings is 2. The van der Waals surface area contributed by atoms with Crippen molar-refractivity contribution in [2.75, 3.05) is 5.75 Å². The third-order valence-electron chi connectivity index (χ3n) is 5.24. The van der Waals surface area contributed by atoms with Gasteiger partial charge in [-0.15, -0.1) is 11.8 Å². The van der Waals surface area contributed by atoms with Crippen LogP contribution in [-0.2, 0) is 21.9 Å². The van der Waals surface area contributed by atoms with Crippen molar-refractivity contribution in [3.8, 4) is 0 Å². The lowest BCUT2D eigenvalue weighted by Crippen LogP contribution is -2.50. The number of hydrogen-bond acceptors (Lipinski definition) is 3. The van der Waals surface area contributed by atoms with Crippen LogP contribution in [0.15, 0.2) is 42.5 Å². The number of halogens is 1. The highest BCUT2D eigenvalue weighted by atomic mass is 32.2. The van der Waals surface area contributed by atoms with Gasteiger partial charge in [-0.1, -0.05) is 54.4 Å². The van der Waals surface area contributed by atoms with Crippen molar-refractivity contribution in [2.45, 2.75) is 65.4 Å². The molecule has 0 fully saturated rings. The Balaban J connectivity index is 2.11. The van der Waals surface area contributed by atoms with Crippen LogP contribution in [0.1, 0.15) is 49.4 Å². The average molecular weight is 445 g/mol. The first-order valence-electron chi connectivity index (χ1n) is 10.7. The molecular weight excluding hydrogens is 411 g/mol. The lowest BCUT2D eigenvalue weighted by Gasteiger charge is -2.29. The van der Waals surface area contributed by atoms with Crippen LogP contribution in [0.5, 0.6) is 0 Å². The molecule has 2 aromatic rings. The molecule has 0 aromatic heterocycles. The van der Waals surface area contributed by atoms with Gasteiger partial charge in [-0.3, -0.25) is 9.59 Å². The first-order chi connectivity index (χ1) is 14.7. The van der Waals surface area contributed by atoms with Gasteiger partial charge >= 0.3 is 0 Å². The Morgan fingerprint density at radius 2 is 1.74 bits per heavy atom. The van der Waals surface area contributed by atoms with Gasteiger partial charge in [-0.2, -0.15) is 0 Å². The Kier molecular flexibility index (Phi) is 9.56. The maximum absolute atomic E-state index is 14.2. The predicted octanol–water partition coefficient (Wildman–Crippen LogP) is 5.01. The molecule has 0 radical (unpaired) electrons. The number of nitrogens with zero attached hydrogens (tertiary/aromatic N) is 1. The Bertz CT molecular complexity index is 883. The highest BCUT2D eigenvalue weighted by Crippen LogP contribution is 2.19. The van der Waals surface area contributed by atoms with Crippen LogP contribution in [0.25, 0.3) is 0 Å². The van der Waals surface area contributed by atoms with Gasteiger partial charge in [-0.05, 0) is 45.7 Å². The number of carbonyl (C=O) groups is 2. The molecule has 2 rings (SSSR count). The quantitative estimate of drug-likeness (QED) is 0.561. The molecule has 0 bridgehead atoms. The van der Waals surface area contributed by atoms with E-state index in [0.29, 0.717) is 11.3 Å². The standard InChI is InChI=1S/C25H33FN2O2S/c1-6-19(4)27-25(30)20(5)28(14-22-9-7-8-10-23(22)26)24(29)16-31-15-21-12-17(2)11-18(3)13-21/h7-13,19-20H,6,14-16H2,1-5H3,(H,27,30)/t19-,20-/m0/s1. The maximum atomic E-state index is 14.2. The molecule has 6 heteroatoms. The number of thioether (sulfide) groups is 1. The number of amides is 2. The summed E-state index contributed by atoms with van der Waals surface area (Å²) in [6.07, 6.45) is 0.797. The first-order valence-corrected chi connectivity index (χ1v) is 11.8. The number of nitrogens with one attached hydrogen (secondary N) is 1. The molecule has 2 atom stereocenters. The summed E-state index contributed by atoms with van der Waals surface area (Å²) in [5.41, 5.74) is 3.95. The monoisotopic (exact) mass is 444 g/mol. The van der Waals surface area contributed by atoms with Gasteiger partial charge in [0.25, 0.3) is 0 Å². The van der Waals surface area contributed by atoms with Crippen molar-refractivity contribution in [3.05, 3.63) is 70.5 Å². The zero-order valence-corrected chi connectivity index (χ0v) is 19.9. The molecule has 0 aliphatic heterocycles. The van der Waals surface area contributed by atoms with E-state index >= 15 is 0 Å². The lowest BCUT2D eigenvalue weighted by atomic mass is 10.1. The highest BCUT2D eigenvalue weighted by molar-refractivity contribution is 7.99. The minimum Gasteiger partial charge on any atom is -0.352 e. The molecular formula is C25H33FN2O2S. The van der Waals surface area contributed by atoms with Crippen molar-refractivity contribution in [3.63, 3.8) is 0 Å². The van der Waals surface area contributed by atoms with Gasteiger partial charge < -0.3 is 10.2 Å². The summed E-state index contributed by atoms with van der Waals surface area (Å²) >= 11 is 1.51. The van der Waals surface area contributed by atoms with Gasteiger partial charge in [0, 0.05) is 23.9 Å². The molecule has 0 saturated heterocycles. The van der Waals surface area contributed by atoms with Crippen LogP contribution in [-0.4, -0.2) is 34.6 Å². The van der Waals surface area contributed by atoms with E-state index in [1.807, 2.05) is 13.8 Å². The van der Waals surface area contributed by atoms with E-state index in [1.54, 1.807) is 25.1 Å². The van der Waals surface area contributed by atoms with E-state index in [0.717, 1.165) is 6.42 Å². The largest absolute Gasteiger partial charge is 0.352 e. The zero-order valence-electron chi connectivity index (χ0n) is 19.1. The van der Waals surface area contributed by atoms with Crippen molar-refractivity contribution in [1.29, 1.82) is 0 Å². The first kappa shape index (κ1) is 24.9. The molecule has 0 heterocycles. The van der Waals surface area contributed by atoms with E-state index in [1.165, 1.54) is 39.4 Å². The van der Waals surface area contributed by atoms with Crippen LogP contribution >= 0.6 is 11.8 Å². The summed E-state index contributed by atoms with van der Waals surface area (Å²) in [6.45, 7) is 9.78. The minimum atomic E-state index is -0.692. The molecule has 2 aromatic carbocycles. The fourth-order valence-electron chi connectivity index (χ4n) is 3.35. The van der Waals surface area contributed by atoms with Crippen LogP contribution in [0.4, 0.5) is 4.39 Å². The van der Waals surface area contributed by atoms with Crippen LogP contribution in [0.2, 0.25) is 0 Å². The molecule has 1 N–H and O–H groups in total. The molecule has 168 valence electrons. The van der Waals surface area contributed by atoms with Crippen molar-refractivity contribution >= 4 is 23.6 Å². The van der Waals surface area contributed by atoms with E-state index in [-0.39, 0.29) is 36.0 Å². The molecule has 31 heavy (non-hydrogen) atoms. The molecule has 2 amide bonds. The molecule has 0 spiro atoms. The lowest BCUT2D eigenvalue weighted by molar-refractivity contribution is -0.139. The SMILES string of the molecule is CC[C@H](C)NC(=O)[C@H](C)N(Cc1ccccc1F)C(=O)CSCc1cc(C)cc(C)c1. The van der Waals surface area contributed by atoms with E-state index in [2.05, 4.69) is 37.4 Å². The summed E-state index contributed by atoms with van der Waals surface area (Å²) in [5, 5.41) is 2.93. The summed E-state index contributed by atoms with van der Waals surface area (Å²) in [4.78, 5) is 27.3. The van der Waals surface area contributed by atoms with Crippen LogP contribution in [0, 0.1) is 19.7 Å².